The Hall–Kier alpha value is -3.55. The second kappa shape index (κ2) is 8.77. The van der Waals surface area contributed by atoms with Crippen molar-refractivity contribution in [3.05, 3.63) is 116 Å². The van der Waals surface area contributed by atoms with Crippen LogP contribution in [-0.4, -0.2) is 20.4 Å². The lowest BCUT2D eigenvalue weighted by Crippen LogP contribution is -2.33. The van der Waals surface area contributed by atoms with Crippen molar-refractivity contribution in [2.75, 3.05) is 0 Å². The van der Waals surface area contributed by atoms with Gasteiger partial charge in [0.2, 0.25) is 5.88 Å². The van der Waals surface area contributed by atoms with Crippen molar-refractivity contribution in [2.24, 2.45) is 4.99 Å². The Morgan fingerprint density at radius 2 is 1.76 bits per heavy atom. The molecule has 3 aromatic carbocycles. The molecule has 6 nitrogen and oxygen atoms in total. The van der Waals surface area contributed by atoms with E-state index in [1.54, 1.807) is 30.0 Å². The van der Waals surface area contributed by atoms with Crippen molar-refractivity contribution in [3.8, 4) is 11.6 Å². The summed E-state index contributed by atoms with van der Waals surface area (Å²) in [5.74, 6) is -0.471. The Morgan fingerprint density at radius 3 is 2.55 bits per heavy atom. The predicted molar refractivity (Wildman–Crippen MR) is 132 cm³/mol. The Labute approximate surface area is 198 Å². The molecule has 4 aromatic rings. The number of halogens is 1. The van der Waals surface area contributed by atoms with Crippen LogP contribution in [-0.2, 0) is 0 Å². The van der Waals surface area contributed by atoms with Crippen LogP contribution in [0.3, 0.4) is 0 Å². The lowest BCUT2D eigenvalue weighted by molar-refractivity contribution is 0.429. The van der Waals surface area contributed by atoms with Gasteiger partial charge >= 0.3 is 5.69 Å². The van der Waals surface area contributed by atoms with Gasteiger partial charge in [-0.3, -0.25) is 14.8 Å². The van der Waals surface area contributed by atoms with Crippen LogP contribution in [0.25, 0.3) is 5.69 Å². The first kappa shape index (κ1) is 21.3. The smallest absolute Gasteiger partial charge is 0.335 e. The van der Waals surface area contributed by atoms with Gasteiger partial charge < -0.3 is 5.11 Å². The molecule has 1 aliphatic heterocycles. The summed E-state index contributed by atoms with van der Waals surface area (Å²) >= 11 is 7.74. The molecule has 1 aliphatic rings. The zero-order chi connectivity index (χ0) is 22.9. The summed E-state index contributed by atoms with van der Waals surface area (Å²) in [5.41, 5.74) is 1.04. The minimum atomic E-state index is -0.757. The number of para-hydroxylation sites is 1. The van der Waals surface area contributed by atoms with Gasteiger partial charge in [-0.15, -0.1) is 11.8 Å². The third-order valence-electron chi connectivity index (χ3n) is 5.38. The van der Waals surface area contributed by atoms with Gasteiger partial charge in [0.05, 0.1) is 17.1 Å². The number of aromatic amines is 1. The van der Waals surface area contributed by atoms with Crippen molar-refractivity contribution in [1.29, 1.82) is 0 Å². The maximum atomic E-state index is 12.9. The number of thioether (sulfide) groups is 1. The molecule has 164 valence electrons. The molecule has 1 aromatic heterocycles. The minimum absolute atomic E-state index is 0.0344. The summed E-state index contributed by atoms with van der Waals surface area (Å²) in [5, 5.41) is 11.5. The number of nitrogens with zero attached hydrogens (tertiary/aromatic N) is 2. The molecule has 5 rings (SSSR count). The molecule has 2 N–H and O–H groups in total. The number of fused-ring (bicyclic) bond motifs is 1. The first-order valence-corrected chi connectivity index (χ1v) is 11.5. The Balaban J connectivity index is 1.72. The fraction of sp³-hybridized carbons (Fsp3) is 0.0800. The number of hydrogen-bond acceptors (Lipinski definition) is 5. The number of aliphatic imine (C=N–C) groups is 1. The van der Waals surface area contributed by atoms with E-state index < -0.39 is 17.1 Å². The highest BCUT2D eigenvalue weighted by molar-refractivity contribution is 7.99. The number of rotatable bonds is 3. The molecule has 0 aliphatic carbocycles. The molecule has 1 unspecified atom stereocenters. The SMILES string of the molecule is O=c1[nH]c(=O)n(-c2cccc(Cl)c2)c(O)c1C1=Nc2ccccc2SC(c2ccccc2)C1. The highest BCUT2D eigenvalue weighted by Crippen LogP contribution is 2.45. The predicted octanol–water partition coefficient (Wildman–Crippen LogP) is 5.24. The molecular weight excluding hydrogens is 458 g/mol. The van der Waals surface area contributed by atoms with Crippen LogP contribution in [0.4, 0.5) is 5.69 Å². The Bertz CT molecular complexity index is 1500. The molecule has 0 saturated carbocycles. The van der Waals surface area contributed by atoms with Crippen LogP contribution < -0.4 is 11.2 Å². The summed E-state index contributed by atoms with van der Waals surface area (Å²) in [7, 11) is 0. The maximum Gasteiger partial charge on any atom is 0.335 e. The fourth-order valence-corrected chi connectivity index (χ4v) is 5.28. The van der Waals surface area contributed by atoms with Gasteiger partial charge in [-0.1, -0.05) is 60.1 Å². The van der Waals surface area contributed by atoms with Gasteiger partial charge in [-0.25, -0.2) is 9.36 Å². The minimum Gasteiger partial charge on any atom is -0.493 e. The van der Waals surface area contributed by atoms with Crippen molar-refractivity contribution in [2.45, 2.75) is 16.6 Å². The summed E-state index contributed by atoms with van der Waals surface area (Å²) in [6, 6.07) is 24.1. The second-order valence-corrected chi connectivity index (χ2v) is 9.20. The summed E-state index contributed by atoms with van der Waals surface area (Å²) in [4.78, 5) is 33.6. The van der Waals surface area contributed by atoms with Crippen LogP contribution in [0.5, 0.6) is 5.88 Å². The average Bonchev–Trinajstić information content (AvgIpc) is 2.99. The maximum absolute atomic E-state index is 12.9. The third kappa shape index (κ3) is 4.13. The zero-order valence-electron chi connectivity index (χ0n) is 17.2. The highest BCUT2D eigenvalue weighted by atomic mass is 35.5. The second-order valence-electron chi connectivity index (χ2n) is 7.52. The van der Waals surface area contributed by atoms with E-state index >= 15 is 0 Å². The molecule has 0 bridgehead atoms. The molecular formula is C25H18ClN3O3S. The van der Waals surface area contributed by atoms with Crippen molar-refractivity contribution < 1.29 is 5.11 Å². The van der Waals surface area contributed by atoms with E-state index in [1.807, 2.05) is 54.6 Å². The van der Waals surface area contributed by atoms with Crippen molar-refractivity contribution in [3.63, 3.8) is 0 Å². The normalized spacial score (nSPS) is 15.4. The average molecular weight is 476 g/mol. The largest absolute Gasteiger partial charge is 0.493 e. The molecule has 33 heavy (non-hydrogen) atoms. The van der Waals surface area contributed by atoms with E-state index in [0.717, 1.165) is 15.0 Å². The van der Waals surface area contributed by atoms with E-state index in [4.69, 9.17) is 16.6 Å². The summed E-state index contributed by atoms with van der Waals surface area (Å²) < 4.78 is 1.03. The molecule has 8 heteroatoms. The van der Waals surface area contributed by atoms with Crippen LogP contribution >= 0.6 is 23.4 Å². The topological polar surface area (TPSA) is 87.5 Å². The molecule has 0 amide bonds. The standard InChI is InChI=1S/C25H18ClN3O3S/c26-16-9-6-10-17(13-16)29-24(31)22(23(30)28-25(29)32)19-14-21(15-7-2-1-3-8-15)33-20-12-5-4-11-18(20)27-19/h1-13,21,31H,14H2,(H,28,30,32). The van der Waals surface area contributed by atoms with Crippen molar-refractivity contribution in [1.82, 2.24) is 9.55 Å². The zero-order valence-corrected chi connectivity index (χ0v) is 18.8. The molecule has 0 radical (unpaired) electrons. The van der Waals surface area contributed by atoms with Crippen LogP contribution in [0.1, 0.15) is 22.8 Å². The van der Waals surface area contributed by atoms with Gasteiger partial charge in [0.25, 0.3) is 5.56 Å². The Kier molecular flexibility index (Phi) is 5.66. The van der Waals surface area contributed by atoms with Crippen LogP contribution in [0.15, 0.2) is 98.3 Å². The number of hydrogen-bond donors (Lipinski definition) is 2. The number of nitrogens with one attached hydrogen (secondary N) is 1. The van der Waals surface area contributed by atoms with E-state index in [9.17, 15) is 14.7 Å². The van der Waals surface area contributed by atoms with E-state index in [-0.39, 0.29) is 10.8 Å². The van der Waals surface area contributed by atoms with Gasteiger partial charge in [0.1, 0.15) is 5.56 Å². The first-order chi connectivity index (χ1) is 16.0. The third-order valence-corrected chi connectivity index (χ3v) is 6.94. The fourth-order valence-electron chi connectivity index (χ4n) is 3.86. The van der Waals surface area contributed by atoms with Gasteiger partial charge in [-0.2, -0.15) is 0 Å². The number of aromatic nitrogens is 2. The number of H-pyrrole nitrogens is 1. The van der Waals surface area contributed by atoms with Crippen LogP contribution in [0, 0.1) is 0 Å². The van der Waals surface area contributed by atoms with E-state index in [2.05, 4.69) is 4.98 Å². The lowest BCUT2D eigenvalue weighted by atomic mass is 10.0. The van der Waals surface area contributed by atoms with Crippen LogP contribution in [0.2, 0.25) is 5.02 Å². The first-order valence-electron chi connectivity index (χ1n) is 10.2. The van der Waals surface area contributed by atoms with Gasteiger partial charge in [0, 0.05) is 21.6 Å². The Morgan fingerprint density at radius 1 is 1.00 bits per heavy atom. The monoisotopic (exact) mass is 475 g/mol. The molecule has 0 spiro atoms. The number of benzene rings is 3. The summed E-state index contributed by atoms with van der Waals surface area (Å²) in [6.07, 6.45) is 0.383. The molecule has 0 saturated heterocycles. The molecule has 0 fully saturated rings. The van der Waals surface area contributed by atoms with Gasteiger partial charge in [0.15, 0.2) is 0 Å². The lowest BCUT2D eigenvalue weighted by Gasteiger charge is -2.17. The summed E-state index contributed by atoms with van der Waals surface area (Å²) in [6.45, 7) is 0. The molecule has 2 heterocycles. The van der Waals surface area contributed by atoms with Gasteiger partial charge in [-0.05, 0) is 35.9 Å². The highest BCUT2D eigenvalue weighted by Gasteiger charge is 2.27. The quantitative estimate of drug-likeness (QED) is 0.424. The number of aromatic hydroxyl groups is 1. The van der Waals surface area contributed by atoms with Crippen molar-refractivity contribution >= 4 is 34.8 Å². The van der Waals surface area contributed by atoms with E-state index in [1.165, 1.54) is 6.07 Å². The van der Waals surface area contributed by atoms with E-state index in [0.29, 0.717) is 28.5 Å². The molecule has 1 atom stereocenters.